The van der Waals surface area contributed by atoms with Gasteiger partial charge in [0.1, 0.15) is 27.8 Å². The van der Waals surface area contributed by atoms with Gasteiger partial charge in [0.25, 0.3) is 0 Å². The van der Waals surface area contributed by atoms with Gasteiger partial charge in [-0.05, 0) is 70.5 Å². The fourth-order valence-corrected chi connectivity index (χ4v) is 5.32. The molecule has 0 aliphatic carbocycles. The molecule has 2 atom stereocenters. The highest BCUT2D eigenvalue weighted by molar-refractivity contribution is 7.90. The van der Waals surface area contributed by atoms with Crippen molar-refractivity contribution in [3.05, 3.63) is 52.7 Å². The predicted octanol–water partition coefficient (Wildman–Crippen LogP) is 2.86. The van der Waals surface area contributed by atoms with Crippen LogP contribution in [0.25, 0.3) is 0 Å². The molecule has 1 aliphatic rings. The van der Waals surface area contributed by atoms with Crippen LogP contribution in [-0.4, -0.2) is 75.0 Å². The van der Waals surface area contributed by atoms with Gasteiger partial charge >= 0.3 is 0 Å². The maximum Gasteiger partial charge on any atom is 0.249 e. The number of hydrogen-bond donors (Lipinski definition) is 0. The number of aromatic nitrogens is 1. The molecule has 1 fully saturated rings. The number of pyridine rings is 1. The molecule has 188 valence electrons. The van der Waals surface area contributed by atoms with E-state index in [0.29, 0.717) is 37.4 Å². The number of nitriles is 1. The molecule has 1 saturated heterocycles. The molecule has 0 bridgehead atoms. The maximum atomic E-state index is 14.0. The highest BCUT2D eigenvalue weighted by Gasteiger charge is 2.42. The molecule has 1 amide bonds. The van der Waals surface area contributed by atoms with Gasteiger partial charge in [-0.1, -0.05) is 12.1 Å². The zero-order chi connectivity index (χ0) is 25.9. The van der Waals surface area contributed by atoms with Gasteiger partial charge in [0.15, 0.2) is 0 Å². The number of nitrogens with zero attached hydrogens (tertiary/aromatic N) is 5. The molecular weight excluding hydrogens is 462 g/mol. The summed E-state index contributed by atoms with van der Waals surface area (Å²) in [4.78, 5) is 24.4. The summed E-state index contributed by atoms with van der Waals surface area (Å²) in [6.45, 7) is 9.06. The van der Waals surface area contributed by atoms with Crippen molar-refractivity contribution in [2.24, 2.45) is 0 Å². The average Bonchev–Trinajstić information content (AvgIpc) is 3.22. The Kier molecular flexibility index (Phi) is 8.18. The molecule has 3 rings (SSSR count). The first-order valence-corrected chi connectivity index (χ1v) is 13.9. The van der Waals surface area contributed by atoms with Crippen LogP contribution < -0.4 is 9.80 Å². The van der Waals surface area contributed by atoms with Crippen molar-refractivity contribution in [1.82, 2.24) is 9.88 Å². The van der Waals surface area contributed by atoms with E-state index in [1.54, 1.807) is 4.90 Å². The minimum absolute atomic E-state index is 0.0498. The summed E-state index contributed by atoms with van der Waals surface area (Å²) in [5.41, 5.74) is 3.97. The lowest BCUT2D eigenvalue weighted by molar-refractivity contribution is -0.119. The number of aryl methyl sites for hydroxylation is 3. The van der Waals surface area contributed by atoms with Crippen molar-refractivity contribution < 1.29 is 13.2 Å². The van der Waals surface area contributed by atoms with E-state index in [0.717, 1.165) is 22.5 Å². The number of benzene rings is 1. The van der Waals surface area contributed by atoms with Crippen LogP contribution in [0, 0.1) is 32.1 Å². The predicted molar refractivity (Wildman–Crippen MR) is 140 cm³/mol. The normalized spacial score (nSPS) is 18.1. The SMILES string of the molecule is CCN(C(=O)[C@@H]1C[C@H](N(C)CCS(C)(=O)=O)CN1c1nc(C)cc(C)c1C#N)c1cccc(C)c1. The Balaban J connectivity index is 2.02. The Morgan fingerprint density at radius 1 is 1.26 bits per heavy atom. The van der Waals surface area contributed by atoms with Gasteiger partial charge < -0.3 is 14.7 Å². The molecule has 1 aliphatic heterocycles. The first-order chi connectivity index (χ1) is 16.4. The van der Waals surface area contributed by atoms with Crippen molar-refractivity contribution in [1.29, 1.82) is 5.26 Å². The van der Waals surface area contributed by atoms with Gasteiger partial charge in [-0.15, -0.1) is 0 Å². The molecule has 2 aromatic rings. The average molecular weight is 498 g/mol. The number of amides is 1. The summed E-state index contributed by atoms with van der Waals surface area (Å²) in [5.74, 6) is 0.512. The summed E-state index contributed by atoms with van der Waals surface area (Å²) in [5, 5.41) is 9.90. The molecule has 0 saturated carbocycles. The van der Waals surface area contributed by atoms with E-state index in [-0.39, 0.29) is 17.7 Å². The van der Waals surface area contributed by atoms with Gasteiger partial charge in [0.2, 0.25) is 5.91 Å². The number of rotatable bonds is 8. The number of hydrogen-bond acceptors (Lipinski definition) is 7. The summed E-state index contributed by atoms with van der Waals surface area (Å²) in [7, 11) is -1.22. The van der Waals surface area contributed by atoms with Crippen molar-refractivity contribution in [2.45, 2.75) is 46.2 Å². The monoisotopic (exact) mass is 497 g/mol. The molecule has 8 nitrogen and oxygen atoms in total. The highest BCUT2D eigenvalue weighted by Crippen LogP contribution is 2.32. The molecule has 0 unspecified atom stereocenters. The molecule has 2 heterocycles. The third-order valence-corrected chi connectivity index (χ3v) is 7.53. The summed E-state index contributed by atoms with van der Waals surface area (Å²) in [6.07, 6.45) is 1.74. The van der Waals surface area contributed by atoms with Gasteiger partial charge in [-0.2, -0.15) is 5.26 Å². The van der Waals surface area contributed by atoms with Gasteiger partial charge in [-0.25, -0.2) is 13.4 Å². The number of carbonyl (C=O) groups is 1. The molecule has 9 heteroatoms. The Morgan fingerprint density at radius 3 is 2.57 bits per heavy atom. The van der Waals surface area contributed by atoms with Crippen molar-refractivity contribution in [3.63, 3.8) is 0 Å². The van der Waals surface area contributed by atoms with E-state index < -0.39 is 15.9 Å². The Bertz CT molecular complexity index is 1240. The molecule has 1 aromatic carbocycles. The van der Waals surface area contributed by atoms with Gasteiger partial charge in [0, 0.05) is 43.3 Å². The lowest BCUT2D eigenvalue weighted by Crippen LogP contribution is -2.46. The molecular formula is C26H35N5O3S. The number of carbonyl (C=O) groups excluding carboxylic acids is 1. The van der Waals surface area contributed by atoms with Gasteiger partial charge in [-0.3, -0.25) is 4.79 Å². The third-order valence-electron chi connectivity index (χ3n) is 6.61. The van der Waals surface area contributed by atoms with Crippen LogP contribution in [0.15, 0.2) is 30.3 Å². The Labute approximate surface area is 209 Å². The minimum Gasteiger partial charge on any atom is -0.342 e. The summed E-state index contributed by atoms with van der Waals surface area (Å²) in [6, 6.07) is 11.4. The van der Waals surface area contributed by atoms with Crippen molar-refractivity contribution in [2.75, 3.05) is 48.5 Å². The fourth-order valence-electron chi connectivity index (χ4n) is 4.70. The lowest BCUT2D eigenvalue weighted by atomic mass is 10.1. The second-order valence-corrected chi connectivity index (χ2v) is 11.7. The molecule has 0 spiro atoms. The first kappa shape index (κ1) is 26.6. The largest absolute Gasteiger partial charge is 0.342 e. The standard InChI is InChI=1S/C26H35N5O3S/c1-7-30(21-10-8-9-18(2)13-21)26(32)24-15-22(29(5)11-12-35(6,33)34)17-31(24)25-23(16-27)19(3)14-20(4)28-25/h8-10,13-14,22,24H,7,11-12,15,17H2,1-6H3/t22-,24-/m0/s1. The van der Waals surface area contributed by atoms with Crippen LogP contribution in [0.2, 0.25) is 0 Å². The fraction of sp³-hybridized carbons (Fsp3) is 0.500. The van der Waals surface area contributed by atoms with E-state index in [4.69, 9.17) is 0 Å². The van der Waals surface area contributed by atoms with Crippen LogP contribution in [0.1, 0.15) is 35.7 Å². The van der Waals surface area contributed by atoms with Crippen LogP contribution in [0.4, 0.5) is 11.5 Å². The minimum atomic E-state index is -3.11. The van der Waals surface area contributed by atoms with E-state index in [1.165, 1.54) is 6.26 Å². The first-order valence-electron chi connectivity index (χ1n) is 11.9. The summed E-state index contributed by atoms with van der Waals surface area (Å²) < 4.78 is 23.5. The number of likely N-dealkylation sites (N-methyl/N-ethyl adjacent to an activating group) is 2. The van der Waals surface area contributed by atoms with E-state index in [2.05, 4.69) is 11.1 Å². The lowest BCUT2D eigenvalue weighted by Gasteiger charge is -2.31. The molecule has 0 N–H and O–H groups in total. The maximum absolute atomic E-state index is 14.0. The van der Waals surface area contributed by atoms with E-state index in [1.807, 2.05) is 74.9 Å². The zero-order valence-electron chi connectivity index (χ0n) is 21.4. The van der Waals surface area contributed by atoms with E-state index in [9.17, 15) is 18.5 Å². The smallest absolute Gasteiger partial charge is 0.249 e. The topological polar surface area (TPSA) is 97.6 Å². The Hall–Kier alpha value is -2.96. The number of anilines is 2. The van der Waals surface area contributed by atoms with E-state index >= 15 is 0 Å². The second-order valence-electron chi connectivity index (χ2n) is 9.48. The van der Waals surface area contributed by atoms with Crippen molar-refractivity contribution in [3.8, 4) is 6.07 Å². The quantitative estimate of drug-likeness (QED) is 0.553. The molecule has 35 heavy (non-hydrogen) atoms. The number of sulfone groups is 1. The highest BCUT2D eigenvalue weighted by atomic mass is 32.2. The van der Waals surface area contributed by atoms with Gasteiger partial charge in [0.05, 0.1) is 11.3 Å². The Morgan fingerprint density at radius 2 is 1.97 bits per heavy atom. The van der Waals surface area contributed by atoms with Crippen LogP contribution in [0.5, 0.6) is 0 Å². The third kappa shape index (κ3) is 6.19. The van der Waals surface area contributed by atoms with Crippen molar-refractivity contribution >= 4 is 27.2 Å². The zero-order valence-corrected chi connectivity index (χ0v) is 22.3. The molecule has 1 aromatic heterocycles. The summed E-state index contributed by atoms with van der Waals surface area (Å²) >= 11 is 0. The van der Waals surface area contributed by atoms with Crippen LogP contribution in [0.3, 0.4) is 0 Å². The molecule has 0 radical (unpaired) electrons. The van der Waals surface area contributed by atoms with Crippen LogP contribution >= 0.6 is 0 Å². The van der Waals surface area contributed by atoms with Crippen LogP contribution in [-0.2, 0) is 14.6 Å². The second kappa shape index (κ2) is 10.8.